The van der Waals surface area contributed by atoms with E-state index in [0.717, 1.165) is 30.6 Å². The molecule has 0 aliphatic carbocycles. The summed E-state index contributed by atoms with van der Waals surface area (Å²) in [5, 5.41) is 2.98. The van der Waals surface area contributed by atoms with E-state index >= 15 is 0 Å². The van der Waals surface area contributed by atoms with Gasteiger partial charge in [0.1, 0.15) is 0 Å². The van der Waals surface area contributed by atoms with Gasteiger partial charge in [0.25, 0.3) is 0 Å². The summed E-state index contributed by atoms with van der Waals surface area (Å²) in [6.07, 6.45) is 3.75. The van der Waals surface area contributed by atoms with Crippen LogP contribution in [0.15, 0.2) is 23.1 Å². The van der Waals surface area contributed by atoms with Gasteiger partial charge in [0.15, 0.2) is 0 Å². The summed E-state index contributed by atoms with van der Waals surface area (Å²) < 4.78 is 27.6. The Morgan fingerprint density at radius 1 is 1.00 bits per heavy atom. The lowest BCUT2D eigenvalue weighted by atomic mass is 10.2. The van der Waals surface area contributed by atoms with Crippen molar-refractivity contribution in [1.29, 1.82) is 0 Å². The molecule has 2 fully saturated rings. The Bertz CT molecular complexity index is 936. The molecule has 0 aromatic heterocycles. The molecule has 3 rings (SSSR count). The molecule has 0 bridgehead atoms. The van der Waals surface area contributed by atoms with Gasteiger partial charge in [0.2, 0.25) is 21.8 Å². The Morgan fingerprint density at radius 2 is 1.67 bits per heavy atom. The number of sulfonamides is 1. The van der Waals surface area contributed by atoms with Crippen molar-refractivity contribution in [2.45, 2.75) is 63.8 Å². The summed E-state index contributed by atoms with van der Waals surface area (Å²) in [6.45, 7) is 9.84. The number of hydrogen-bond acceptors (Lipinski definition) is 5. The van der Waals surface area contributed by atoms with E-state index in [4.69, 9.17) is 0 Å². The molecule has 1 unspecified atom stereocenters. The molecular weight excluding hydrogens is 440 g/mol. The zero-order valence-corrected chi connectivity index (χ0v) is 21.0. The van der Waals surface area contributed by atoms with Crippen LogP contribution >= 0.6 is 0 Å². The molecule has 1 aromatic carbocycles. The van der Waals surface area contributed by atoms with Crippen LogP contribution in [0, 0.1) is 13.8 Å². The predicted octanol–water partition coefficient (Wildman–Crippen LogP) is 1.91. The number of carbonyl (C=O) groups excluding carboxylic acids is 2. The van der Waals surface area contributed by atoms with Gasteiger partial charge in [-0.25, -0.2) is 8.42 Å². The Labute approximate surface area is 198 Å². The second kappa shape index (κ2) is 11.4. The van der Waals surface area contributed by atoms with Crippen LogP contribution in [0.3, 0.4) is 0 Å². The number of piperazine rings is 1. The van der Waals surface area contributed by atoms with Crippen molar-refractivity contribution in [3.05, 3.63) is 29.3 Å². The highest BCUT2D eigenvalue weighted by atomic mass is 32.2. The largest absolute Gasteiger partial charge is 0.355 e. The minimum Gasteiger partial charge on any atom is -0.355 e. The van der Waals surface area contributed by atoms with Gasteiger partial charge in [-0.3, -0.25) is 14.5 Å². The quantitative estimate of drug-likeness (QED) is 0.586. The van der Waals surface area contributed by atoms with E-state index in [9.17, 15) is 18.0 Å². The molecule has 1 N–H and O–H groups in total. The highest BCUT2D eigenvalue weighted by Gasteiger charge is 2.31. The number of nitrogens with zero attached hydrogens (tertiary/aromatic N) is 3. The highest BCUT2D eigenvalue weighted by molar-refractivity contribution is 7.89. The summed E-state index contributed by atoms with van der Waals surface area (Å²) in [4.78, 5) is 29.3. The van der Waals surface area contributed by atoms with Crippen LogP contribution in [-0.4, -0.2) is 86.2 Å². The van der Waals surface area contributed by atoms with E-state index < -0.39 is 10.0 Å². The van der Waals surface area contributed by atoms with E-state index in [0.29, 0.717) is 30.6 Å². The van der Waals surface area contributed by atoms with Crippen molar-refractivity contribution in [3.8, 4) is 0 Å². The van der Waals surface area contributed by atoms with Crippen LogP contribution in [-0.2, 0) is 19.6 Å². The molecule has 2 aliphatic heterocycles. The van der Waals surface area contributed by atoms with Gasteiger partial charge in [-0.1, -0.05) is 19.1 Å². The topological polar surface area (TPSA) is 90.0 Å². The molecule has 2 aliphatic rings. The van der Waals surface area contributed by atoms with Crippen molar-refractivity contribution in [2.75, 3.05) is 45.8 Å². The molecule has 0 saturated carbocycles. The lowest BCUT2D eigenvalue weighted by Gasteiger charge is -2.34. The second-order valence-electron chi connectivity index (χ2n) is 9.16. The maximum absolute atomic E-state index is 13.1. The van der Waals surface area contributed by atoms with E-state index in [1.165, 1.54) is 17.1 Å². The van der Waals surface area contributed by atoms with Gasteiger partial charge in [0, 0.05) is 51.6 Å². The van der Waals surface area contributed by atoms with Crippen LogP contribution in [0.25, 0.3) is 0 Å². The molecule has 33 heavy (non-hydrogen) atoms. The second-order valence-corrected chi connectivity index (χ2v) is 11.1. The minimum atomic E-state index is -3.59. The lowest BCUT2D eigenvalue weighted by molar-refractivity contribution is -0.134. The number of benzene rings is 1. The first kappa shape index (κ1) is 25.6. The van der Waals surface area contributed by atoms with Crippen molar-refractivity contribution < 1.29 is 18.0 Å². The fourth-order valence-corrected chi connectivity index (χ4v) is 6.37. The maximum Gasteiger partial charge on any atom is 0.243 e. The molecule has 184 valence electrons. The van der Waals surface area contributed by atoms with Crippen LogP contribution in [0.1, 0.15) is 50.2 Å². The fourth-order valence-electron chi connectivity index (χ4n) is 4.64. The van der Waals surface area contributed by atoms with Crippen molar-refractivity contribution in [2.24, 2.45) is 0 Å². The molecule has 0 spiro atoms. The van der Waals surface area contributed by atoms with Gasteiger partial charge < -0.3 is 10.2 Å². The SMILES string of the molecule is CCC(CNC(=O)CCC(=O)N1CCN(S(=O)(=O)c2cc(C)ccc2C)CC1)N1CCCC1. The van der Waals surface area contributed by atoms with Gasteiger partial charge in [-0.15, -0.1) is 0 Å². The minimum absolute atomic E-state index is 0.0967. The van der Waals surface area contributed by atoms with Crippen LogP contribution in [0.2, 0.25) is 0 Å². The Morgan fingerprint density at radius 3 is 2.30 bits per heavy atom. The number of nitrogens with one attached hydrogen (secondary N) is 1. The Hall–Kier alpha value is -1.97. The number of aryl methyl sites for hydroxylation is 2. The van der Waals surface area contributed by atoms with Crippen molar-refractivity contribution in [3.63, 3.8) is 0 Å². The zero-order chi connectivity index (χ0) is 24.0. The smallest absolute Gasteiger partial charge is 0.243 e. The number of carbonyl (C=O) groups is 2. The summed E-state index contributed by atoms with van der Waals surface area (Å²) >= 11 is 0. The zero-order valence-electron chi connectivity index (χ0n) is 20.2. The van der Waals surface area contributed by atoms with Crippen molar-refractivity contribution >= 4 is 21.8 Å². The van der Waals surface area contributed by atoms with Crippen LogP contribution in [0.5, 0.6) is 0 Å². The number of amides is 2. The van der Waals surface area contributed by atoms with Crippen LogP contribution < -0.4 is 5.32 Å². The molecule has 2 heterocycles. The van der Waals surface area contributed by atoms with E-state index in [2.05, 4.69) is 17.1 Å². The molecule has 1 aromatic rings. The van der Waals surface area contributed by atoms with Gasteiger partial charge in [0.05, 0.1) is 4.90 Å². The van der Waals surface area contributed by atoms with Gasteiger partial charge in [-0.2, -0.15) is 4.31 Å². The molecule has 8 nitrogen and oxygen atoms in total. The summed E-state index contributed by atoms with van der Waals surface area (Å²) in [5.74, 6) is -0.197. The van der Waals surface area contributed by atoms with E-state index in [1.54, 1.807) is 17.9 Å². The molecule has 2 amide bonds. The van der Waals surface area contributed by atoms with Gasteiger partial charge >= 0.3 is 0 Å². The van der Waals surface area contributed by atoms with Crippen molar-refractivity contribution in [1.82, 2.24) is 19.4 Å². The molecule has 1 atom stereocenters. The third-order valence-corrected chi connectivity index (χ3v) is 8.82. The maximum atomic E-state index is 13.1. The normalized spacial score (nSPS) is 18.9. The monoisotopic (exact) mass is 478 g/mol. The molecule has 0 radical (unpaired) electrons. The first-order chi connectivity index (χ1) is 15.7. The summed E-state index contributed by atoms with van der Waals surface area (Å²) in [7, 11) is -3.59. The van der Waals surface area contributed by atoms with Crippen LogP contribution in [0.4, 0.5) is 0 Å². The summed E-state index contributed by atoms with van der Waals surface area (Å²) in [5.41, 5.74) is 1.62. The number of rotatable bonds is 9. The first-order valence-electron chi connectivity index (χ1n) is 12.1. The standard InChI is InChI=1S/C24H38N4O4S/c1-4-21(26-11-5-6-12-26)18-25-23(29)9-10-24(30)27-13-15-28(16-14-27)33(31,32)22-17-19(2)7-8-20(22)3/h7-8,17,21H,4-6,9-16,18H2,1-3H3,(H,25,29). The molecule has 9 heteroatoms. The predicted molar refractivity (Wildman–Crippen MR) is 128 cm³/mol. The first-order valence-corrected chi connectivity index (χ1v) is 13.5. The van der Waals surface area contributed by atoms with Gasteiger partial charge in [-0.05, 0) is 63.4 Å². The number of hydrogen-bond donors (Lipinski definition) is 1. The van der Waals surface area contributed by atoms with E-state index in [1.807, 2.05) is 19.1 Å². The highest BCUT2D eigenvalue weighted by Crippen LogP contribution is 2.22. The average molecular weight is 479 g/mol. The van der Waals surface area contributed by atoms with E-state index in [-0.39, 0.29) is 37.7 Å². The third-order valence-electron chi connectivity index (χ3n) is 6.78. The average Bonchev–Trinajstić information content (AvgIpc) is 3.34. The number of likely N-dealkylation sites (tertiary alicyclic amines) is 1. The fraction of sp³-hybridized carbons (Fsp3) is 0.667. The molecule has 2 saturated heterocycles. The Balaban J connectivity index is 1.43. The lowest BCUT2D eigenvalue weighted by Crippen LogP contribution is -2.50. The Kier molecular flexibility index (Phi) is 8.89. The summed E-state index contributed by atoms with van der Waals surface area (Å²) in [6, 6.07) is 5.78. The third kappa shape index (κ3) is 6.55. The molecular formula is C24H38N4O4S.